The van der Waals surface area contributed by atoms with Crippen molar-refractivity contribution in [1.29, 1.82) is 0 Å². The van der Waals surface area contributed by atoms with E-state index in [0.29, 0.717) is 17.9 Å². The third-order valence-corrected chi connectivity index (χ3v) is 3.08. The fraction of sp³-hybridized carbons (Fsp3) is 0.133. The van der Waals surface area contributed by atoms with E-state index in [1.165, 1.54) is 0 Å². The highest BCUT2D eigenvalue weighted by Crippen LogP contribution is 2.27. The summed E-state index contributed by atoms with van der Waals surface area (Å²) < 4.78 is 6.63. The molecule has 2 nitrogen and oxygen atoms in total. The van der Waals surface area contributed by atoms with Gasteiger partial charge in [0.15, 0.2) is 6.29 Å². The molecule has 0 bridgehead atoms. The Labute approximate surface area is 115 Å². The molecule has 2 rings (SSSR count). The van der Waals surface area contributed by atoms with Crippen LogP contribution in [-0.4, -0.2) is 6.29 Å². The minimum atomic E-state index is 0.462. The maximum Gasteiger partial charge on any atom is 0.153 e. The molecule has 0 saturated carbocycles. The topological polar surface area (TPSA) is 26.3 Å². The zero-order valence-corrected chi connectivity index (χ0v) is 11.6. The fourth-order valence-corrected chi connectivity index (χ4v) is 2.36. The Morgan fingerprint density at radius 2 is 1.94 bits per heavy atom. The van der Waals surface area contributed by atoms with Gasteiger partial charge in [-0.15, -0.1) is 0 Å². The highest BCUT2D eigenvalue weighted by Gasteiger charge is 2.08. The standard InChI is InChI=1S/C15H13BrO2/c1-11-7-14(16)8-13(9-17)15(11)18-10-12-5-3-2-4-6-12/h2-9H,10H2,1H3. The monoisotopic (exact) mass is 304 g/mol. The van der Waals surface area contributed by atoms with Crippen LogP contribution in [0.5, 0.6) is 5.75 Å². The number of halogens is 1. The lowest BCUT2D eigenvalue weighted by Crippen LogP contribution is -2.00. The molecular formula is C15H13BrO2. The van der Waals surface area contributed by atoms with Crippen molar-refractivity contribution in [3.05, 3.63) is 63.6 Å². The third kappa shape index (κ3) is 2.99. The van der Waals surface area contributed by atoms with Gasteiger partial charge in [-0.05, 0) is 30.2 Å². The van der Waals surface area contributed by atoms with Gasteiger partial charge in [-0.1, -0.05) is 46.3 Å². The van der Waals surface area contributed by atoms with Crippen LogP contribution in [0.3, 0.4) is 0 Å². The Morgan fingerprint density at radius 3 is 2.61 bits per heavy atom. The summed E-state index contributed by atoms with van der Waals surface area (Å²) in [6.07, 6.45) is 0.818. The van der Waals surface area contributed by atoms with Gasteiger partial charge < -0.3 is 4.74 Å². The number of aryl methyl sites for hydroxylation is 1. The molecule has 2 aromatic carbocycles. The molecule has 0 aromatic heterocycles. The molecule has 18 heavy (non-hydrogen) atoms. The molecule has 3 heteroatoms. The van der Waals surface area contributed by atoms with Crippen LogP contribution in [0.2, 0.25) is 0 Å². The van der Waals surface area contributed by atoms with E-state index in [-0.39, 0.29) is 0 Å². The van der Waals surface area contributed by atoms with E-state index < -0.39 is 0 Å². The largest absolute Gasteiger partial charge is 0.488 e. The number of aldehydes is 1. The molecule has 0 spiro atoms. The molecule has 0 amide bonds. The summed E-state index contributed by atoms with van der Waals surface area (Å²) >= 11 is 3.37. The van der Waals surface area contributed by atoms with Crippen LogP contribution in [0, 0.1) is 6.92 Å². The summed E-state index contributed by atoms with van der Waals surface area (Å²) in [7, 11) is 0. The first-order valence-corrected chi connectivity index (χ1v) is 6.42. The van der Waals surface area contributed by atoms with Crippen LogP contribution in [0.25, 0.3) is 0 Å². The molecule has 0 unspecified atom stereocenters. The maximum atomic E-state index is 11.0. The second-order valence-electron chi connectivity index (χ2n) is 4.03. The average Bonchev–Trinajstić information content (AvgIpc) is 2.38. The summed E-state index contributed by atoms with van der Waals surface area (Å²) in [6, 6.07) is 13.6. The molecule has 0 heterocycles. The van der Waals surface area contributed by atoms with Crippen molar-refractivity contribution in [3.8, 4) is 5.75 Å². The quantitative estimate of drug-likeness (QED) is 0.793. The van der Waals surface area contributed by atoms with Crippen molar-refractivity contribution < 1.29 is 9.53 Å². The number of hydrogen-bond donors (Lipinski definition) is 0. The van der Waals surface area contributed by atoms with Gasteiger partial charge in [0.1, 0.15) is 12.4 Å². The number of hydrogen-bond acceptors (Lipinski definition) is 2. The normalized spacial score (nSPS) is 10.1. The summed E-state index contributed by atoms with van der Waals surface area (Å²) in [5.41, 5.74) is 2.59. The highest BCUT2D eigenvalue weighted by atomic mass is 79.9. The van der Waals surface area contributed by atoms with E-state index in [9.17, 15) is 4.79 Å². The lowest BCUT2D eigenvalue weighted by molar-refractivity contribution is 0.111. The molecule has 0 saturated heterocycles. The Hall–Kier alpha value is -1.61. The first kappa shape index (κ1) is 12.8. The zero-order chi connectivity index (χ0) is 13.0. The van der Waals surface area contributed by atoms with E-state index in [4.69, 9.17) is 4.74 Å². The van der Waals surface area contributed by atoms with Gasteiger partial charge in [0, 0.05) is 4.47 Å². The van der Waals surface area contributed by atoms with Crippen molar-refractivity contribution in [2.24, 2.45) is 0 Å². The Balaban J connectivity index is 2.21. The second kappa shape index (κ2) is 5.83. The molecule has 0 aliphatic rings. The molecule has 0 radical (unpaired) electrons. The van der Waals surface area contributed by atoms with Gasteiger partial charge in [0.25, 0.3) is 0 Å². The summed E-state index contributed by atoms with van der Waals surface area (Å²) in [5.74, 6) is 0.650. The lowest BCUT2D eigenvalue weighted by atomic mass is 10.1. The zero-order valence-electron chi connectivity index (χ0n) is 10.0. The van der Waals surface area contributed by atoms with Crippen molar-refractivity contribution in [2.45, 2.75) is 13.5 Å². The van der Waals surface area contributed by atoms with E-state index in [1.807, 2.05) is 43.3 Å². The number of ether oxygens (including phenoxy) is 1. The predicted octanol–water partition coefficient (Wildman–Crippen LogP) is 4.15. The number of carbonyl (C=O) groups excluding carboxylic acids is 1. The summed E-state index contributed by atoms with van der Waals surface area (Å²) in [6.45, 7) is 2.39. The lowest BCUT2D eigenvalue weighted by Gasteiger charge is -2.12. The average molecular weight is 305 g/mol. The molecule has 0 atom stereocenters. The highest BCUT2D eigenvalue weighted by molar-refractivity contribution is 9.10. The van der Waals surface area contributed by atoms with Gasteiger partial charge in [-0.2, -0.15) is 0 Å². The van der Waals surface area contributed by atoms with Gasteiger partial charge >= 0.3 is 0 Å². The SMILES string of the molecule is Cc1cc(Br)cc(C=O)c1OCc1ccccc1. The van der Waals surface area contributed by atoms with Crippen LogP contribution in [0.15, 0.2) is 46.9 Å². The van der Waals surface area contributed by atoms with Crippen LogP contribution in [0.1, 0.15) is 21.5 Å². The molecule has 92 valence electrons. The van der Waals surface area contributed by atoms with Gasteiger partial charge in [-0.3, -0.25) is 4.79 Å². The third-order valence-electron chi connectivity index (χ3n) is 2.62. The molecule has 0 aliphatic carbocycles. The van der Waals surface area contributed by atoms with E-state index in [2.05, 4.69) is 15.9 Å². The summed E-state index contributed by atoms with van der Waals surface area (Å²) in [4.78, 5) is 11.0. The first-order chi connectivity index (χ1) is 8.70. The van der Waals surface area contributed by atoms with Crippen molar-refractivity contribution in [1.82, 2.24) is 0 Å². The van der Waals surface area contributed by atoms with E-state index in [0.717, 1.165) is 21.9 Å². The minimum absolute atomic E-state index is 0.462. The minimum Gasteiger partial charge on any atom is -0.488 e. The van der Waals surface area contributed by atoms with Crippen LogP contribution in [-0.2, 0) is 6.61 Å². The van der Waals surface area contributed by atoms with Crippen molar-refractivity contribution in [3.63, 3.8) is 0 Å². The molecule has 0 N–H and O–H groups in total. The Kier molecular flexibility index (Phi) is 4.15. The van der Waals surface area contributed by atoms with E-state index >= 15 is 0 Å². The van der Waals surface area contributed by atoms with Gasteiger partial charge in [-0.25, -0.2) is 0 Å². The number of rotatable bonds is 4. The smallest absolute Gasteiger partial charge is 0.153 e. The molecule has 0 aliphatic heterocycles. The fourth-order valence-electron chi connectivity index (χ4n) is 1.77. The van der Waals surface area contributed by atoms with Gasteiger partial charge in [0.05, 0.1) is 5.56 Å². The molecular weight excluding hydrogens is 292 g/mol. The van der Waals surface area contributed by atoms with Crippen LogP contribution >= 0.6 is 15.9 Å². The number of carbonyl (C=O) groups is 1. The molecule has 2 aromatic rings. The Morgan fingerprint density at radius 1 is 1.22 bits per heavy atom. The number of benzene rings is 2. The van der Waals surface area contributed by atoms with Gasteiger partial charge in [0.2, 0.25) is 0 Å². The predicted molar refractivity (Wildman–Crippen MR) is 75.0 cm³/mol. The second-order valence-corrected chi connectivity index (χ2v) is 4.95. The Bertz CT molecular complexity index is 550. The van der Waals surface area contributed by atoms with Crippen molar-refractivity contribution in [2.75, 3.05) is 0 Å². The van der Waals surface area contributed by atoms with Crippen LogP contribution in [0.4, 0.5) is 0 Å². The van der Waals surface area contributed by atoms with E-state index in [1.54, 1.807) is 6.07 Å². The van der Waals surface area contributed by atoms with Crippen LogP contribution < -0.4 is 4.74 Å². The first-order valence-electron chi connectivity index (χ1n) is 5.63. The maximum absolute atomic E-state index is 11.0. The van der Waals surface area contributed by atoms with Crippen molar-refractivity contribution >= 4 is 22.2 Å². The summed E-state index contributed by atoms with van der Waals surface area (Å²) in [5, 5.41) is 0. The molecule has 0 fully saturated rings.